The molecule has 0 bridgehead atoms. The topological polar surface area (TPSA) is 73.2 Å². The summed E-state index contributed by atoms with van der Waals surface area (Å²) in [6, 6.07) is 5.92. The van der Waals surface area contributed by atoms with Gasteiger partial charge in [0.15, 0.2) is 11.5 Å². The molecule has 1 aromatic carbocycles. The van der Waals surface area contributed by atoms with Gasteiger partial charge in [-0.25, -0.2) is 4.98 Å². The fourth-order valence-corrected chi connectivity index (χ4v) is 3.30. The first-order chi connectivity index (χ1) is 10.2. The molecule has 0 atom stereocenters. The number of imidazole rings is 1. The molecule has 2 aromatic heterocycles. The molecule has 3 heterocycles. The molecule has 5 nitrogen and oxygen atoms in total. The van der Waals surface area contributed by atoms with E-state index in [1.807, 2.05) is 19.1 Å². The molecular formula is C15H15N3O2S. The Morgan fingerprint density at radius 3 is 2.67 bits per heavy atom. The Kier molecular flexibility index (Phi) is 2.78. The normalized spacial score (nSPS) is 14.3. The SMILES string of the molecule is Cc1cc(-c2nc3cc4c(cc3[nH]2)OCCCO4)c(N)s1. The number of nitrogens with two attached hydrogens (primary N) is 1. The minimum absolute atomic E-state index is 0.673. The van der Waals surface area contributed by atoms with Crippen molar-refractivity contribution in [3.05, 3.63) is 23.1 Å². The molecule has 1 aliphatic heterocycles. The summed E-state index contributed by atoms with van der Waals surface area (Å²) in [5.41, 5.74) is 8.78. The van der Waals surface area contributed by atoms with Crippen LogP contribution in [-0.2, 0) is 0 Å². The third-order valence-corrected chi connectivity index (χ3v) is 4.37. The first kappa shape index (κ1) is 12.5. The molecule has 0 fully saturated rings. The van der Waals surface area contributed by atoms with Crippen molar-refractivity contribution in [3.8, 4) is 22.9 Å². The van der Waals surface area contributed by atoms with E-state index in [0.29, 0.717) is 13.2 Å². The zero-order chi connectivity index (χ0) is 14.4. The summed E-state index contributed by atoms with van der Waals surface area (Å²) in [7, 11) is 0. The fourth-order valence-electron chi connectivity index (χ4n) is 2.51. The maximum atomic E-state index is 6.05. The first-order valence-corrected chi connectivity index (χ1v) is 7.68. The van der Waals surface area contributed by atoms with Gasteiger partial charge in [0.25, 0.3) is 0 Å². The highest BCUT2D eigenvalue weighted by Gasteiger charge is 2.16. The van der Waals surface area contributed by atoms with E-state index in [9.17, 15) is 0 Å². The van der Waals surface area contributed by atoms with Gasteiger partial charge in [0.05, 0.1) is 34.8 Å². The standard InChI is InChI=1S/C15H15N3O2S/c1-8-5-9(14(16)21-8)15-17-10-6-12-13(7-11(10)18-15)20-4-2-3-19-12/h5-7H,2-4,16H2,1H3,(H,17,18). The van der Waals surface area contributed by atoms with Gasteiger partial charge in [0.1, 0.15) is 5.82 Å². The molecule has 0 radical (unpaired) electrons. The van der Waals surface area contributed by atoms with Gasteiger partial charge in [-0.1, -0.05) is 0 Å². The summed E-state index contributed by atoms with van der Waals surface area (Å²) in [5, 5.41) is 0.778. The Balaban J connectivity index is 1.85. The van der Waals surface area contributed by atoms with Crippen LogP contribution in [0, 0.1) is 6.92 Å². The summed E-state index contributed by atoms with van der Waals surface area (Å²) in [6.45, 7) is 3.39. The zero-order valence-corrected chi connectivity index (χ0v) is 12.4. The number of H-pyrrole nitrogens is 1. The van der Waals surface area contributed by atoms with Crippen molar-refractivity contribution in [1.29, 1.82) is 0 Å². The second-order valence-corrected chi connectivity index (χ2v) is 6.37. The number of thiophene rings is 1. The quantitative estimate of drug-likeness (QED) is 0.723. The minimum atomic E-state index is 0.673. The Hall–Kier alpha value is -2.21. The number of anilines is 1. The van der Waals surface area contributed by atoms with Gasteiger partial charge in [-0.05, 0) is 13.0 Å². The van der Waals surface area contributed by atoms with Gasteiger partial charge < -0.3 is 20.2 Å². The third-order valence-electron chi connectivity index (χ3n) is 3.49. The third kappa shape index (κ3) is 2.12. The van der Waals surface area contributed by atoms with Crippen LogP contribution in [0.15, 0.2) is 18.2 Å². The molecule has 108 valence electrons. The van der Waals surface area contributed by atoms with Gasteiger partial charge in [-0.2, -0.15) is 0 Å². The number of hydrogen-bond acceptors (Lipinski definition) is 5. The molecule has 4 rings (SSSR count). The van der Waals surface area contributed by atoms with Crippen LogP contribution in [0.1, 0.15) is 11.3 Å². The molecule has 3 aromatic rings. The van der Waals surface area contributed by atoms with Crippen molar-refractivity contribution < 1.29 is 9.47 Å². The molecule has 1 aliphatic rings. The molecule has 0 saturated heterocycles. The maximum Gasteiger partial charge on any atom is 0.163 e. The van der Waals surface area contributed by atoms with Crippen molar-refractivity contribution in [1.82, 2.24) is 9.97 Å². The number of hydrogen-bond donors (Lipinski definition) is 2. The van der Waals surface area contributed by atoms with Crippen LogP contribution in [-0.4, -0.2) is 23.2 Å². The van der Waals surface area contributed by atoms with Crippen LogP contribution in [0.4, 0.5) is 5.00 Å². The van der Waals surface area contributed by atoms with E-state index in [1.54, 1.807) is 11.3 Å². The lowest BCUT2D eigenvalue weighted by molar-refractivity contribution is 0.297. The molecule has 6 heteroatoms. The fraction of sp³-hybridized carbons (Fsp3) is 0.267. The summed E-state index contributed by atoms with van der Waals surface area (Å²) in [6.07, 6.45) is 0.895. The molecule has 0 amide bonds. The van der Waals surface area contributed by atoms with Crippen LogP contribution in [0.3, 0.4) is 0 Å². The van der Waals surface area contributed by atoms with Crippen molar-refractivity contribution in [2.45, 2.75) is 13.3 Å². The van der Waals surface area contributed by atoms with E-state index in [-0.39, 0.29) is 0 Å². The molecule has 3 N–H and O–H groups in total. The van der Waals surface area contributed by atoms with E-state index in [4.69, 9.17) is 15.2 Å². The summed E-state index contributed by atoms with van der Waals surface area (Å²) < 4.78 is 11.4. The Labute approximate surface area is 125 Å². The monoisotopic (exact) mass is 301 g/mol. The van der Waals surface area contributed by atoms with Crippen molar-refractivity contribution >= 4 is 27.4 Å². The van der Waals surface area contributed by atoms with Gasteiger partial charge in [-0.15, -0.1) is 11.3 Å². The highest BCUT2D eigenvalue weighted by Crippen LogP contribution is 2.37. The van der Waals surface area contributed by atoms with Crippen LogP contribution in [0.5, 0.6) is 11.5 Å². The molecule has 0 spiro atoms. The van der Waals surface area contributed by atoms with E-state index < -0.39 is 0 Å². The number of fused-ring (bicyclic) bond motifs is 2. The lowest BCUT2D eigenvalue weighted by atomic mass is 10.3. The average Bonchev–Trinajstić information content (AvgIpc) is 2.91. The summed E-state index contributed by atoms with van der Waals surface area (Å²) >= 11 is 1.57. The molecular weight excluding hydrogens is 286 g/mol. The maximum absolute atomic E-state index is 6.05. The smallest absolute Gasteiger partial charge is 0.163 e. The number of aromatic amines is 1. The Morgan fingerprint density at radius 1 is 1.19 bits per heavy atom. The number of nitrogen functional groups attached to an aromatic ring is 1. The number of aromatic nitrogens is 2. The van der Waals surface area contributed by atoms with Gasteiger partial charge in [0.2, 0.25) is 0 Å². The number of aryl methyl sites for hydroxylation is 1. The lowest BCUT2D eigenvalue weighted by Crippen LogP contribution is -1.97. The minimum Gasteiger partial charge on any atom is -0.489 e. The van der Waals surface area contributed by atoms with E-state index in [0.717, 1.165) is 45.3 Å². The average molecular weight is 301 g/mol. The number of rotatable bonds is 1. The number of ether oxygens (including phenoxy) is 2. The van der Waals surface area contributed by atoms with Crippen LogP contribution >= 0.6 is 11.3 Å². The van der Waals surface area contributed by atoms with Gasteiger partial charge in [-0.3, -0.25) is 0 Å². The predicted molar refractivity (Wildman–Crippen MR) is 84.2 cm³/mol. The second kappa shape index (κ2) is 4.66. The Morgan fingerprint density at radius 2 is 1.95 bits per heavy atom. The van der Waals surface area contributed by atoms with E-state index in [1.165, 1.54) is 4.88 Å². The highest BCUT2D eigenvalue weighted by molar-refractivity contribution is 7.16. The number of nitrogens with one attached hydrogen (secondary N) is 1. The Bertz CT molecular complexity index is 779. The van der Waals surface area contributed by atoms with Crippen LogP contribution in [0.25, 0.3) is 22.4 Å². The van der Waals surface area contributed by atoms with Crippen molar-refractivity contribution in [2.75, 3.05) is 18.9 Å². The van der Waals surface area contributed by atoms with E-state index >= 15 is 0 Å². The molecule has 0 unspecified atom stereocenters. The summed E-state index contributed by atoms with van der Waals surface area (Å²) in [4.78, 5) is 9.12. The van der Waals surface area contributed by atoms with Gasteiger partial charge >= 0.3 is 0 Å². The van der Waals surface area contributed by atoms with Crippen LogP contribution in [0.2, 0.25) is 0 Å². The van der Waals surface area contributed by atoms with Crippen molar-refractivity contribution in [3.63, 3.8) is 0 Å². The largest absolute Gasteiger partial charge is 0.489 e. The van der Waals surface area contributed by atoms with Crippen LogP contribution < -0.4 is 15.2 Å². The number of benzene rings is 1. The molecule has 21 heavy (non-hydrogen) atoms. The summed E-state index contributed by atoms with van der Waals surface area (Å²) in [5.74, 6) is 2.31. The molecule has 0 saturated carbocycles. The van der Waals surface area contributed by atoms with Crippen molar-refractivity contribution in [2.24, 2.45) is 0 Å². The molecule has 0 aliphatic carbocycles. The van der Waals surface area contributed by atoms with Gasteiger partial charge in [0, 0.05) is 23.4 Å². The second-order valence-electron chi connectivity index (χ2n) is 5.09. The highest BCUT2D eigenvalue weighted by atomic mass is 32.1. The first-order valence-electron chi connectivity index (χ1n) is 6.86. The zero-order valence-electron chi connectivity index (χ0n) is 11.6. The predicted octanol–water partition coefficient (Wildman–Crippen LogP) is 3.34. The van der Waals surface area contributed by atoms with E-state index in [2.05, 4.69) is 16.0 Å². The lowest BCUT2D eigenvalue weighted by Gasteiger charge is -2.05. The number of nitrogens with zero attached hydrogens (tertiary/aromatic N) is 1.